The van der Waals surface area contributed by atoms with Gasteiger partial charge in [-0.3, -0.25) is 10.1 Å². The number of pyridine rings is 1. The van der Waals surface area contributed by atoms with Crippen molar-refractivity contribution in [2.24, 2.45) is 0 Å². The van der Waals surface area contributed by atoms with Crippen LogP contribution in [0.25, 0.3) is 0 Å². The molecule has 0 spiro atoms. The zero-order valence-electron chi connectivity index (χ0n) is 10.4. The molecular weight excluding hydrogens is 246 g/mol. The van der Waals surface area contributed by atoms with Crippen LogP contribution in [0, 0.1) is 17.0 Å². The van der Waals surface area contributed by atoms with Crippen LogP contribution in [0.15, 0.2) is 36.5 Å². The molecule has 1 aromatic heterocycles. The molecule has 0 amide bonds. The summed E-state index contributed by atoms with van der Waals surface area (Å²) in [5.41, 5.74) is 7.27. The van der Waals surface area contributed by atoms with Crippen LogP contribution in [0.4, 0.5) is 11.5 Å². The maximum atomic E-state index is 10.7. The molecule has 1 aromatic carbocycles. The van der Waals surface area contributed by atoms with Gasteiger partial charge in [-0.1, -0.05) is 6.07 Å². The number of nitrogens with two attached hydrogens (primary N) is 1. The first-order chi connectivity index (χ1) is 9.08. The molecule has 6 heteroatoms. The monoisotopic (exact) mass is 259 g/mol. The lowest BCUT2D eigenvalue weighted by molar-refractivity contribution is -0.385. The van der Waals surface area contributed by atoms with Crippen molar-refractivity contribution < 1.29 is 9.66 Å². The Bertz CT molecular complexity index is 614. The first-order valence-corrected chi connectivity index (χ1v) is 5.65. The lowest BCUT2D eigenvalue weighted by Gasteiger charge is -2.09. The summed E-state index contributed by atoms with van der Waals surface area (Å²) in [6.45, 7) is 2.05. The van der Waals surface area contributed by atoms with E-state index < -0.39 is 4.92 Å². The molecule has 98 valence electrons. The third kappa shape index (κ3) is 2.98. The fourth-order valence-electron chi connectivity index (χ4n) is 1.59. The Morgan fingerprint density at radius 2 is 2.21 bits per heavy atom. The van der Waals surface area contributed by atoms with Crippen molar-refractivity contribution in [3.8, 4) is 5.75 Å². The van der Waals surface area contributed by atoms with Crippen molar-refractivity contribution in [2.45, 2.75) is 13.5 Å². The summed E-state index contributed by atoms with van der Waals surface area (Å²) in [7, 11) is 0. The molecule has 0 aliphatic heterocycles. The van der Waals surface area contributed by atoms with Gasteiger partial charge in [-0.2, -0.15) is 0 Å². The Labute approximate surface area is 110 Å². The summed E-state index contributed by atoms with van der Waals surface area (Å²) in [5.74, 6) is 0.864. The van der Waals surface area contributed by atoms with Gasteiger partial charge in [-0.05, 0) is 24.6 Å². The van der Waals surface area contributed by atoms with E-state index >= 15 is 0 Å². The molecular formula is C13H13N3O3. The van der Waals surface area contributed by atoms with Crippen LogP contribution in [0.1, 0.15) is 11.1 Å². The van der Waals surface area contributed by atoms with Gasteiger partial charge in [0.25, 0.3) is 5.69 Å². The highest BCUT2D eigenvalue weighted by atomic mass is 16.6. The third-order valence-electron chi connectivity index (χ3n) is 2.69. The molecule has 0 unspecified atom stereocenters. The van der Waals surface area contributed by atoms with Crippen LogP contribution in [-0.2, 0) is 6.61 Å². The van der Waals surface area contributed by atoms with Crippen LogP contribution in [0.3, 0.4) is 0 Å². The Hall–Kier alpha value is -2.63. The van der Waals surface area contributed by atoms with Crippen LogP contribution < -0.4 is 10.5 Å². The van der Waals surface area contributed by atoms with Gasteiger partial charge in [0, 0.05) is 17.8 Å². The maximum absolute atomic E-state index is 10.7. The average Bonchev–Trinajstić information content (AvgIpc) is 2.39. The van der Waals surface area contributed by atoms with Crippen LogP contribution >= 0.6 is 0 Å². The largest absolute Gasteiger partial charge is 0.488 e. The van der Waals surface area contributed by atoms with Crippen LogP contribution in [0.5, 0.6) is 5.75 Å². The van der Waals surface area contributed by atoms with E-state index in [0.717, 1.165) is 11.1 Å². The van der Waals surface area contributed by atoms with Crippen LogP contribution in [0.2, 0.25) is 0 Å². The van der Waals surface area contributed by atoms with Crippen molar-refractivity contribution in [2.75, 3.05) is 5.73 Å². The minimum absolute atomic E-state index is 0.000224. The second-order valence-corrected chi connectivity index (χ2v) is 4.04. The second-order valence-electron chi connectivity index (χ2n) is 4.04. The fourth-order valence-corrected chi connectivity index (χ4v) is 1.59. The molecule has 2 aromatic rings. The zero-order chi connectivity index (χ0) is 13.8. The fraction of sp³-hybridized carbons (Fsp3) is 0.154. The molecule has 0 bridgehead atoms. The van der Waals surface area contributed by atoms with E-state index in [-0.39, 0.29) is 12.3 Å². The summed E-state index contributed by atoms with van der Waals surface area (Å²) in [6, 6.07) is 8.06. The normalized spacial score (nSPS) is 10.2. The Morgan fingerprint density at radius 3 is 2.89 bits per heavy atom. The number of aromatic nitrogens is 1. The van der Waals surface area contributed by atoms with Gasteiger partial charge in [-0.25, -0.2) is 4.98 Å². The number of non-ortho nitro benzene ring substituents is 1. The molecule has 0 fully saturated rings. The molecule has 2 rings (SSSR count). The van der Waals surface area contributed by atoms with E-state index in [0.29, 0.717) is 11.6 Å². The van der Waals surface area contributed by atoms with Gasteiger partial charge in [0.15, 0.2) is 0 Å². The van der Waals surface area contributed by atoms with Gasteiger partial charge < -0.3 is 10.5 Å². The summed E-state index contributed by atoms with van der Waals surface area (Å²) in [6.07, 6.45) is 1.59. The number of hydrogen-bond acceptors (Lipinski definition) is 5. The Kier molecular flexibility index (Phi) is 3.61. The SMILES string of the molecule is Cc1ccc([N+](=O)[O-])cc1OCc1cccnc1N. The topological polar surface area (TPSA) is 91.3 Å². The van der Waals surface area contributed by atoms with Crippen molar-refractivity contribution in [3.63, 3.8) is 0 Å². The average molecular weight is 259 g/mol. The van der Waals surface area contributed by atoms with E-state index in [1.165, 1.54) is 12.1 Å². The van der Waals surface area contributed by atoms with Crippen molar-refractivity contribution in [3.05, 3.63) is 57.8 Å². The van der Waals surface area contributed by atoms with Gasteiger partial charge in [0.05, 0.1) is 11.0 Å². The number of anilines is 1. The maximum Gasteiger partial charge on any atom is 0.273 e. The first-order valence-electron chi connectivity index (χ1n) is 5.65. The predicted octanol–water partition coefficient (Wildman–Crippen LogP) is 2.46. The van der Waals surface area contributed by atoms with Crippen molar-refractivity contribution in [1.29, 1.82) is 0 Å². The summed E-state index contributed by atoms with van der Waals surface area (Å²) in [5, 5.41) is 10.7. The van der Waals surface area contributed by atoms with Crippen LogP contribution in [-0.4, -0.2) is 9.91 Å². The lowest BCUT2D eigenvalue weighted by Crippen LogP contribution is -2.02. The molecule has 0 atom stereocenters. The molecule has 2 N–H and O–H groups in total. The predicted molar refractivity (Wildman–Crippen MR) is 70.8 cm³/mol. The molecule has 0 saturated carbocycles. The molecule has 19 heavy (non-hydrogen) atoms. The number of aryl methyl sites for hydroxylation is 1. The molecule has 1 heterocycles. The highest BCUT2D eigenvalue weighted by Crippen LogP contribution is 2.25. The van der Waals surface area contributed by atoms with E-state index in [4.69, 9.17) is 10.5 Å². The van der Waals surface area contributed by atoms with Gasteiger partial charge in [0.1, 0.15) is 18.2 Å². The minimum atomic E-state index is -0.454. The number of nitro groups is 1. The van der Waals surface area contributed by atoms with Gasteiger partial charge in [0.2, 0.25) is 0 Å². The summed E-state index contributed by atoms with van der Waals surface area (Å²) < 4.78 is 5.57. The van der Waals surface area contributed by atoms with E-state index in [1.807, 2.05) is 6.92 Å². The van der Waals surface area contributed by atoms with E-state index in [2.05, 4.69) is 4.98 Å². The number of benzene rings is 1. The minimum Gasteiger partial charge on any atom is -0.488 e. The number of ether oxygens (including phenoxy) is 1. The van der Waals surface area contributed by atoms with E-state index in [9.17, 15) is 10.1 Å². The molecule has 6 nitrogen and oxygen atoms in total. The molecule has 0 radical (unpaired) electrons. The van der Waals surface area contributed by atoms with E-state index in [1.54, 1.807) is 24.4 Å². The number of nitro benzene ring substituents is 1. The summed E-state index contributed by atoms with van der Waals surface area (Å²) in [4.78, 5) is 14.2. The Morgan fingerprint density at radius 1 is 1.42 bits per heavy atom. The first kappa shape index (κ1) is 12.8. The van der Waals surface area contributed by atoms with Crippen molar-refractivity contribution in [1.82, 2.24) is 4.98 Å². The summed E-state index contributed by atoms with van der Waals surface area (Å²) >= 11 is 0. The standard InChI is InChI=1S/C13H13N3O3/c1-9-4-5-11(16(17)18)7-12(9)19-8-10-3-2-6-15-13(10)14/h2-7H,8H2,1H3,(H2,14,15). The van der Waals surface area contributed by atoms with Gasteiger partial charge in [-0.15, -0.1) is 0 Å². The Balaban J connectivity index is 2.17. The molecule has 0 aliphatic rings. The number of nitrogens with zero attached hydrogens (tertiary/aromatic N) is 2. The molecule has 0 saturated heterocycles. The quantitative estimate of drug-likeness (QED) is 0.672. The van der Waals surface area contributed by atoms with Gasteiger partial charge >= 0.3 is 0 Å². The highest BCUT2D eigenvalue weighted by Gasteiger charge is 2.10. The highest BCUT2D eigenvalue weighted by molar-refractivity contribution is 5.44. The second kappa shape index (κ2) is 5.34. The number of hydrogen-bond donors (Lipinski definition) is 1. The smallest absolute Gasteiger partial charge is 0.273 e. The lowest BCUT2D eigenvalue weighted by atomic mass is 10.2. The van der Waals surface area contributed by atoms with Crippen molar-refractivity contribution >= 4 is 11.5 Å². The third-order valence-corrected chi connectivity index (χ3v) is 2.69. The number of nitrogen functional groups attached to an aromatic ring is 1. The number of rotatable bonds is 4. The zero-order valence-corrected chi connectivity index (χ0v) is 10.4. The molecule has 0 aliphatic carbocycles.